The van der Waals surface area contributed by atoms with Gasteiger partial charge in [0.25, 0.3) is 6.43 Å². The quantitative estimate of drug-likeness (QED) is 0.733. The van der Waals surface area contributed by atoms with Crippen molar-refractivity contribution in [3.63, 3.8) is 0 Å². The Labute approximate surface area is 113 Å². The first-order valence-electron chi connectivity index (χ1n) is 5.90. The summed E-state index contributed by atoms with van der Waals surface area (Å²) >= 11 is 1.64. The lowest BCUT2D eigenvalue weighted by molar-refractivity contribution is 0.0187. The molecule has 104 valence electrons. The monoisotopic (exact) mass is 287 g/mol. The molecule has 0 aromatic carbocycles. The number of nitrogens with zero attached hydrogens (tertiary/aromatic N) is 1. The number of rotatable bonds is 8. The van der Waals surface area contributed by atoms with Crippen LogP contribution in [0, 0.1) is 0 Å². The topological polar surface area (TPSA) is 49.9 Å². The second-order valence-corrected chi connectivity index (χ2v) is 4.84. The van der Waals surface area contributed by atoms with Crippen molar-refractivity contribution in [2.45, 2.75) is 13.0 Å². The average molecular weight is 287 g/mol. The molecule has 0 aliphatic carbocycles. The summed E-state index contributed by atoms with van der Waals surface area (Å²) in [7, 11) is 0. The van der Waals surface area contributed by atoms with E-state index < -0.39 is 13.0 Å². The van der Waals surface area contributed by atoms with Gasteiger partial charge in [0.15, 0.2) is 0 Å². The second kappa shape index (κ2) is 7.32. The first-order chi connectivity index (χ1) is 9.27. The minimum atomic E-state index is -2.40. The van der Waals surface area contributed by atoms with Crippen LogP contribution < -0.4 is 5.32 Å². The summed E-state index contributed by atoms with van der Waals surface area (Å²) in [4.78, 5) is 1.13. The molecule has 0 amide bonds. The predicted octanol–water partition coefficient (Wildman–Crippen LogP) is 2.51. The molecule has 0 atom stereocenters. The Bertz CT molecular complexity index is 473. The minimum Gasteiger partial charge on any atom is -0.374 e. The van der Waals surface area contributed by atoms with Gasteiger partial charge in [-0.25, -0.2) is 8.78 Å². The number of thiophene rings is 1. The predicted molar refractivity (Wildman–Crippen MR) is 70.4 cm³/mol. The van der Waals surface area contributed by atoms with Gasteiger partial charge in [0.2, 0.25) is 0 Å². The number of aromatic amines is 1. The highest BCUT2D eigenvalue weighted by atomic mass is 32.1. The van der Waals surface area contributed by atoms with E-state index in [-0.39, 0.29) is 6.61 Å². The summed E-state index contributed by atoms with van der Waals surface area (Å²) in [6.07, 6.45) is -0.637. The van der Waals surface area contributed by atoms with E-state index in [1.165, 1.54) is 0 Å². The third-order valence-electron chi connectivity index (χ3n) is 2.47. The Balaban J connectivity index is 1.74. The van der Waals surface area contributed by atoms with Gasteiger partial charge in [-0.3, -0.25) is 5.10 Å². The zero-order valence-electron chi connectivity index (χ0n) is 10.2. The molecule has 2 aromatic rings. The lowest BCUT2D eigenvalue weighted by Gasteiger charge is -2.05. The van der Waals surface area contributed by atoms with E-state index in [0.717, 1.165) is 16.1 Å². The Morgan fingerprint density at radius 3 is 3.11 bits per heavy atom. The van der Waals surface area contributed by atoms with Gasteiger partial charge in [0.05, 0.1) is 23.4 Å². The largest absolute Gasteiger partial charge is 0.374 e. The summed E-state index contributed by atoms with van der Waals surface area (Å²) in [6.45, 7) is 0.925. The number of H-pyrrole nitrogens is 1. The number of ether oxygens (including phenoxy) is 1. The molecule has 0 spiro atoms. The minimum absolute atomic E-state index is 0.274. The van der Waals surface area contributed by atoms with Crippen LogP contribution in [0.25, 0.3) is 10.6 Å². The molecule has 7 heteroatoms. The molecule has 2 rings (SSSR count). The first kappa shape index (κ1) is 14.1. The molecule has 0 aliphatic rings. The normalized spacial score (nSPS) is 11.3. The lowest BCUT2D eigenvalue weighted by Crippen LogP contribution is -2.20. The van der Waals surface area contributed by atoms with Crippen molar-refractivity contribution in [1.82, 2.24) is 15.5 Å². The molecule has 2 aromatic heterocycles. The van der Waals surface area contributed by atoms with Crippen LogP contribution in [0.2, 0.25) is 0 Å². The molecular weight excluding hydrogens is 272 g/mol. The van der Waals surface area contributed by atoms with E-state index in [4.69, 9.17) is 4.74 Å². The Hall–Kier alpha value is -1.31. The van der Waals surface area contributed by atoms with Gasteiger partial charge in [0, 0.05) is 18.7 Å². The molecule has 19 heavy (non-hydrogen) atoms. The summed E-state index contributed by atoms with van der Waals surface area (Å²) in [6, 6.07) is 4.00. The maximum absolute atomic E-state index is 11.8. The fourth-order valence-electron chi connectivity index (χ4n) is 1.62. The van der Waals surface area contributed by atoms with Crippen LogP contribution >= 0.6 is 11.3 Å². The standard InChI is InChI=1S/C12H15F2N3OS/c13-11(14)8-18-4-3-15-6-9-7-16-17-12(9)10-2-1-5-19-10/h1-2,5,7,11,15H,3-4,6,8H2,(H,16,17). The zero-order valence-corrected chi connectivity index (χ0v) is 11.1. The highest BCUT2D eigenvalue weighted by molar-refractivity contribution is 7.13. The third-order valence-corrected chi connectivity index (χ3v) is 3.36. The van der Waals surface area contributed by atoms with Gasteiger partial charge >= 0.3 is 0 Å². The van der Waals surface area contributed by atoms with Crippen molar-refractivity contribution in [2.75, 3.05) is 19.8 Å². The van der Waals surface area contributed by atoms with E-state index in [1.807, 2.05) is 17.5 Å². The summed E-state index contributed by atoms with van der Waals surface area (Å²) in [5.41, 5.74) is 2.05. The molecule has 4 nitrogen and oxygen atoms in total. The molecule has 0 bridgehead atoms. The molecule has 0 saturated heterocycles. The number of alkyl halides is 2. The highest BCUT2D eigenvalue weighted by Gasteiger charge is 2.08. The van der Waals surface area contributed by atoms with Gasteiger partial charge in [-0.15, -0.1) is 11.3 Å². The van der Waals surface area contributed by atoms with Gasteiger partial charge in [-0.05, 0) is 11.4 Å². The Kier molecular flexibility index (Phi) is 5.44. The lowest BCUT2D eigenvalue weighted by atomic mass is 10.2. The Morgan fingerprint density at radius 2 is 2.37 bits per heavy atom. The number of halogens is 2. The highest BCUT2D eigenvalue weighted by Crippen LogP contribution is 2.25. The van der Waals surface area contributed by atoms with Crippen molar-refractivity contribution >= 4 is 11.3 Å². The van der Waals surface area contributed by atoms with E-state index in [2.05, 4.69) is 15.5 Å². The van der Waals surface area contributed by atoms with Crippen LogP contribution in [-0.2, 0) is 11.3 Å². The molecule has 0 radical (unpaired) electrons. The summed E-state index contributed by atoms with van der Waals surface area (Å²) < 4.78 is 28.4. The van der Waals surface area contributed by atoms with Crippen molar-refractivity contribution in [2.24, 2.45) is 0 Å². The number of nitrogens with one attached hydrogen (secondary N) is 2. The van der Waals surface area contributed by atoms with Crippen molar-refractivity contribution < 1.29 is 13.5 Å². The van der Waals surface area contributed by atoms with Gasteiger partial charge in [-0.2, -0.15) is 5.10 Å². The second-order valence-electron chi connectivity index (χ2n) is 3.89. The van der Waals surface area contributed by atoms with Crippen molar-refractivity contribution in [3.05, 3.63) is 29.3 Å². The number of aromatic nitrogens is 2. The molecule has 0 fully saturated rings. The van der Waals surface area contributed by atoms with E-state index in [0.29, 0.717) is 13.1 Å². The van der Waals surface area contributed by atoms with Crippen LogP contribution in [0.15, 0.2) is 23.7 Å². The summed E-state index contributed by atoms with van der Waals surface area (Å²) in [5.74, 6) is 0. The average Bonchev–Trinajstić information content (AvgIpc) is 3.03. The molecular formula is C12H15F2N3OS. The maximum Gasteiger partial charge on any atom is 0.261 e. The van der Waals surface area contributed by atoms with Gasteiger partial charge in [0.1, 0.15) is 6.61 Å². The van der Waals surface area contributed by atoms with Crippen LogP contribution in [-0.4, -0.2) is 36.4 Å². The summed E-state index contributed by atoms with van der Waals surface area (Å²) in [5, 5.41) is 12.1. The van der Waals surface area contributed by atoms with Crippen LogP contribution in [0.4, 0.5) is 8.78 Å². The molecule has 0 saturated carbocycles. The number of hydrogen-bond acceptors (Lipinski definition) is 4. The first-order valence-corrected chi connectivity index (χ1v) is 6.78. The van der Waals surface area contributed by atoms with Crippen LogP contribution in [0.5, 0.6) is 0 Å². The van der Waals surface area contributed by atoms with Crippen molar-refractivity contribution in [3.8, 4) is 10.6 Å². The SMILES string of the molecule is FC(F)COCCNCc1cn[nH]c1-c1cccs1. The molecule has 0 aliphatic heterocycles. The van der Waals surface area contributed by atoms with E-state index >= 15 is 0 Å². The van der Waals surface area contributed by atoms with Crippen LogP contribution in [0.1, 0.15) is 5.56 Å². The van der Waals surface area contributed by atoms with Crippen molar-refractivity contribution in [1.29, 1.82) is 0 Å². The molecule has 0 unspecified atom stereocenters. The molecule has 2 heterocycles. The maximum atomic E-state index is 11.8. The fraction of sp³-hybridized carbons (Fsp3) is 0.417. The molecule has 2 N–H and O–H groups in total. The number of hydrogen-bond donors (Lipinski definition) is 2. The van der Waals surface area contributed by atoms with Gasteiger partial charge in [-0.1, -0.05) is 6.07 Å². The Morgan fingerprint density at radius 1 is 1.47 bits per heavy atom. The third kappa shape index (κ3) is 4.38. The van der Waals surface area contributed by atoms with Crippen LogP contribution in [0.3, 0.4) is 0 Å². The van der Waals surface area contributed by atoms with E-state index in [9.17, 15) is 8.78 Å². The van der Waals surface area contributed by atoms with E-state index in [1.54, 1.807) is 17.5 Å². The van der Waals surface area contributed by atoms with Gasteiger partial charge < -0.3 is 10.1 Å². The fourth-order valence-corrected chi connectivity index (χ4v) is 2.37. The zero-order chi connectivity index (χ0) is 13.5. The smallest absolute Gasteiger partial charge is 0.261 e.